The Labute approximate surface area is 76.3 Å². The number of hydrogen-bond acceptors (Lipinski definition) is 2. The fourth-order valence-corrected chi connectivity index (χ4v) is 1.87. The molecule has 1 aliphatic rings. The Morgan fingerprint density at radius 3 is 3.00 bits per heavy atom. The van der Waals surface area contributed by atoms with E-state index in [0.29, 0.717) is 0 Å². The molecule has 0 aromatic heterocycles. The van der Waals surface area contributed by atoms with Crippen molar-refractivity contribution in [3.8, 4) is 0 Å². The Morgan fingerprint density at radius 1 is 1.50 bits per heavy atom. The Bertz CT molecular complexity index is 114. The van der Waals surface area contributed by atoms with Crippen LogP contribution < -0.4 is 5.32 Å². The summed E-state index contributed by atoms with van der Waals surface area (Å²) in [6.07, 6.45) is 5.32. The Hall–Kier alpha value is -0.0800. The summed E-state index contributed by atoms with van der Waals surface area (Å²) in [5, 5.41) is 2.70. The number of rotatable bonds is 4. The summed E-state index contributed by atoms with van der Waals surface area (Å²) >= 11 is 0. The second-order valence-corrected chi connectivity index (χ2v) is 3.69. The minimum atomic E-state index is 0.788. The average molecular weight is 168 g/mol. The Morgan fingerprint density at radius 2 is 2.33 bits per heavy atom. The predicted octanol–water partition coefficient (Wildman–Crippen LogP) is 1.51. The van der Waals surface area contributed by atoms with Gasteiger partial charge in [-0.05, 0) is 45.8 Å². The lowest BCUT2D eigenvalue weighted by atomic mass is 10.0. The third kappa shape index (κ3) is 3.11. The molecule has 1 rings (SSSR count). The van der Waals surface area contributed by atoms with Gasteiger partial charge in [-0.1, -0.05) is 6.42 Å². The number of likely N-dealkylation sites (tertiary alicyclic amines) is 1. The molecule has 0 bridgehead atoms. The second kappa shape index (κ2) is 5.55. The molecule has 0 amide bonds. The molecule has 1 atom stereocenters. The van der Waals surface area contributed by atoms with E-state index in [1.165, 1.54) is 38.8 Å². The SMILES string of the molecule is [CH]NCCCN1CCCCC1C. The highest BCUT2D eigenvalue weighted by molar-refractivity contribution is 4.72. The maximum atomic E-state index is 5.21. The van der Waals surface area contributed by atoms with Crippen molar-refractivity contribution in [3.05, 3.63) is 7.05 Å². The highest BCUT2D eigenvalue weighted by atomic mass is 15.2. The highest BCUT2D eigenvalue weighted by Gasteiger charge is 2.16. The fraction of sp³-hybridized carbons (Fsp3) is 0.900. The van der Waals surface area contributed by atoms with E-state index in [4.69, 9.17) is 7.05 Å². The zero-order valence-corrected chi connectivity index (χ0v) is 8.05. The lowest BCUT2D eigenvalue weighted by molar-refractivity contribution is 0.159. The van der Waals surface area contributed by atoms with Crippen molar-refractivity contribution < 1.29 is 0 Å². The number of nitrogens with one attached hydrogen (secondary N) is 1. The molecule has 70 valence electrons. The summed E-state index contributed by atoms with van der Waals surface area (Å²) < 4.78 is 0. The molecule has 1 aliphatic heterocycles. The van der Waals surface area contributed by atoms with Gasteiger partial charge in [-0.25, -0.2) is 0 Å². The first kappa shape index (κ1) is 10.0. The number of hydrogen-bond donors (Lipinski definition) is 1. The first-order valence-electron chi connectivity index (χ1n) is 5.02. The minimum absolute atomic E-state index is 0.788. The van der Waals surface area contributed by atoms with Crippen molar-refractivity contribution in [1.82, 2.24) is 10.2 Å². The van der Waals surface area contributed by atoms with Crippen molar-refractivity contribution in [1.29, 1.82) is 0 Å². The van der Waals surface area contributed by atoms with Crippen molar-refractivity contribution in [2.75, 3.05) is 19.6 Å². The second-order valence-electron chi connectivity index (χ2n) is 3.69. The maximum Gasteiger partial charge on any atom is 0.0407 e. The summed E-state index contributed by atoms with van der Waals surface area (Å²) in [6.45, 7) is 5.75. The molecule has 12 heavy (non-hydrogen) atoms. The van der Waals surface area contributed by atoms with E-state index in [2.05, 4.69) is 17.1 Å². The molecule has 0 saturated carbocycles. The van der Waals surface area contributed by atoms with Gasteiger partial charge in [-0.3, -0.25) is 0 Å². The zero-order valence-electron chi connectivity index (χ0n) is 8.05. The van der Waals surface area contributed by atoms with Crippen LogP contribution in [0.5, 0.6) is 0 Å². The molecule has 1 N–H and O–H groups in total. The molecule has 1 heterocycles. The normalized spacial score (nSPS) is 26.0. The molecule has 1 unspecified atom stereocenters. The van der Waals surface area contributed by atoms with Gasteiger partial charge in [0.15, 0.2) is 0 Å². The van der Waals surface area contributed by atoms with Gasteiger partial charge < -0.3 is 10.2 Å². The predicted molar refractivity (Wildman–Crippen MR) is 51.8 cm³/mol. The van der Waals surface area contributed by atoms with E-state index < -0.39 is 0 Å². The van der Waals surface area contributed by atoms with Gasteiger partial charge in [0.25, 0.3) is 0 Å². The standard InChI is InChI=1S/C10H20N2/c1-10-6-3-4-8-12(10)9-5-7-11-2/h2,10-11H,3-9H2,1H3. The van der Waals surface area contributed by atoms with Gasteiger partial charge in [0, 0.05) is 13.1 Å². The van der Waals surface area contributed by atoms with Crippen LogP contribution >= 0.6 is 0 Å². The maximum absolute atomic E-state index is 5.21. The molecule has 1 fully saturated rings. The summed E-state index contributed by atoms with van der Waals surface area (Å²) in [5.74, 6) is 0. The largest absolute Gasteiger partial charge is 0.311 e. The highest BCUT2D eigenvalue weighted by Crippen LogP contribution is 2.15. The Kier molecular flexibility index (Phi) is 4.62. The van der Waals surface area contributed by atoms with Crippen LogP contribution in [-0.4, -0.2) is 30.6 Å². The molecule has 0 aromatic rings. The van der Waals surface area contributed by atoms with Gasteiger partial charge in [-0.2, -0.15) is 0 Å². The third-order valence-electron chi connectivity index (χ3n) is 2.71. The third-order valence-corrected chi connectivity index (χ3v) is 2.71. The van der Waals surface area contributed by atoms with Gasteiger partial charge in [-0.15, -0.1) is 0 Å². The molecular formula is C10H20N2. The lowest BCUT2D eigenvalue weighted by Crippen LogP contribution is -2.38. The van der Waals surface area contributed by atoms with Gasteiger partial charge in [0.05, 0.1) is 0 Å². The van der Waals surface area contributed by atoms with Crippen LogP contribution in [0.2, 0.25) is 0 Å². The van der Waals surface area contributed by atoms with E-state index in [1.807, 2.05) is 0 Å². The van der Waals surface area contributed by atoms with Crippen LogP contribution in [0.4, 0.5) is 0 Å². The van der Waals surface area contributed by atoms with E-state index in [1.54, 1.807) is 0 Å². The van der Waals surface area contributed by atoms with Gasteiger partial charge >= 0.3 is 0 Å². The molecule has 0 spiro atoms. The quantitative estimate of drug-likeness (QED) is 0.505. The van der Waals surface area contributed by atoms with Gasteiger partial charge in [0.2, 0.25) is 0 Å². The van der Waals surface area contributed by atoms with E-state index in [9.17, 15) is 0 Å². The number of nitrogens with zero attached hydrogens (tertiary/aromatic N) is 1. The van der Waals surface area contributed by atoms with Crippen molar-refractivity contribution >= 4 is 0 Å². The number of piperidine rings is 1. The zero-order chi connectivity index (χ0) is 8.81. The smallest absolute Gasteiger partial charge is 0.0407 e. The van der Waals surface area contributed by atoms with Crippen LogP contribution in [0.15, 0.2) is 0 Å². The molecular weight excluding hydrogens is 148 g/mol. The fourth-order valence-electron chi connectivity index (χ4n) is 1.87. The van der Waals surface area contributed by atoms with Crippen LogP contribution in [0.1, 0.15) is 32.6 Å². The van der Waals surface area contributed by atoms with E-state index in [0.717, 1.165) is 12.6 Å². The molecule has 2 heteroatoms. The minimum Gasteiger partial charge on any atom is -0.311 e. The first-order valence-corrected chi connectivity index (χ1v) is 5.02. The molecule has 2 radical (unpaired) electrons. The van der Waals surface area contributed by atoms with Crippen LogP contribution in [0.3, 0.4) is 0 Å². The Balaban J connectivity index is 2.11. The van der Waals surface area contributed by atoms with Crippen LogP contribution in [0, 0.1) is 7.05 Å². The van der Waals surface area contributed by atoms with Crippen LogP contribution in [-0.2, 0) is 0 Å². The van der Waals surface area contributed by atoms with Crippen molar-refractivity contribution in [3.63, 3.8) is 0 Å². The average Bonchev–Trinajstić information content (AvgIpc) is 2.09. The topological polar surface area (TPSA) is 15.3 Å². The molecule has 0 aromatic carbocycles. The molecule has 0 aliphatic carbocycles. The molecule has 1 saturated heterocycles. The summed E-state index contributed by atoms with van der Waals surface area (Å²) in [6, 6.07) is 0.788. The summed E-state index contributed by atoms with van der Waals surface area (Å²) in [7, 11) is 5.21. The first-order chi connectivity index (χ1) is 5.84. The lowest BCUT2D eigenvalue weighted by Gasteiger charge is -2.33. The monoisotopic (exact) mass is 168 g/mol. The molecule has 2 nitrogen and oxygen atoms in total. The summed E-state index contributed by atoms with van der Waals surface area (Å²) in [5.41, 5.74) is 0. The van der Waals surface area contributed by atoms with Crippen LogP contribution in [0.25, 0.3) is 0 Å². The van der Waals surface area contributed by atoms with Crippen molar-refractivity contribution in [2.24, 2.45) is 0 Å². The summed E-state index contributed by atoms with van der Waals surface area (Å²) in [4.78, 5) is 2.57. The van der Waals surface area contributed by atoms with E-state index >= 15 is 0 Å². The van der Waals surface area contributed by atoms with E-state index in [-0.39, 0.29) is 0 Å². The van der Waals surface area contributed by atoms with Crippen molar-refractivity contribution in [2.45, 2.75) is 38.6 Å². The van der Waals surface area contributed by atoms with Gasteiger partial charge in [0.1, 0.15) is 0 Å².